The van der Waals surface area contributed by atoms with Gasteiger partial charge < -0.3 is 9.47 Å². The number of alkyl halides is 1. The quantitative estimate of drug-likeness (QED) is 0.0867. The van der Waals surface area contributed by atoms with Crippen LogP contribution in [0.25, 0.3) is 0 Å². The predicted molar refractivity (Wildman–Crippen MR) is 171 cm³/mol. The van der Waals surface area contributed by atoms with Crippen LogP contribution in [0.2, 0.25) is 0 Å². The molecule has 0 N–H and O–H groups in total. The highest BCUT2D eigenvalue weighted by atomic mass is 79.9. The highest BCUT2D eigenvalue weighted by Crippen LogP contribution is 2.32. The summed E-state index contributed by atoms with van der Waals surface area (Å²) in [6.07, 6.45) is 1.99. The second-order valence-corrected chi connectivity index (χ2v) is 11.6. The van der Waals surface area contributed by atoms with Crippen LogP contribution in [0.3, 0.4) is 0 Å². The minimum atomic E-state index is -0.446. The van der Waals surface area contributed by atoms with Crippen LogP contribution in [0, 0.1) is 0 Å². The first-order valence-corrected chi connectivity index (χ1v) is 15.7. The molecule has 2 nitrogen and oxygen atoms in total. The van der Waals surface area contributed by atoms with E-state index in [-0.39, 0.29) is 0 Å². The molecule has 0 fully saturated rings. The largest absolute Gasteiger partial charge is 0.494 e. The number of benzene rings is 5. The van der Waals surface area contributed by atoms with Gasteiger partial charge in [0.1, 0.15) is 11.5 Å². The monoisotopic (exact) mass is 596 g/mol. The van der Waals surface area contributed by atoms with Crippen molar-refractivity contribution in [3.8, 4) is 11.5 Å². The Bertz CT molecular complexity index is 1220. The van der Waals surface area contributed by atoms with E-state index in [1.165, 1.54) is 21.5 Å². The predicted octanol–water partition coefficient (Wildman–Crippen LogP) is 8.26. The fourth-order valence-electron chi connectivity index (χ4n) is 3.95. The van der Waals surface area contributed by atoms with Crippen LogP contribution in [-0.4, -0.2) is 13.2 Å². The smallest absolute Gasteiger partial charge is 0.119 e. The van der Waals surface area contributed by atoms with Crippen LogP contribution in [0.4, 0.5) is 0 Å². The fraction of sp³-hybridized carbons (Fsp3) is 0.143. The van der Waals surface area contributed by atoms with Crippen LogP contribution >= 0.6 is 23.9 Å². The second kappa shape index (κ2) is 16.5. The van der Waals surface area contributed by atoms with E-state index in [1.807, 2.05) is 42.5 Å². The zero-order chi connectivity index (χ0) is 27.0. The number of hydrogen-bond acceptors (Lipinski definition) is 2. The molecule has 5 aromatic rings. The van der Waals surface area contributed by atoms with Gasteiger partial charge in [-0.3, -0.25) is 0 Å². The van der Waals surface area contributed by atoms with E-state index in [4.69, 9.17) is 9.47 Å². The third kappa shape index (κ3) is 9.70. The molecule has 39 heavy (non-hydrogen) atoms. The van der Waals surface area contributed by atoms with Crippen LogP contribution in [0.5, 0.6) is 11.5 Å². The van der Waals surface area contributed by atoms with Crippen LogP contribution < -0.4 is 25.4 Å². The molecule has 0 aliphatic rings. The molecule has 0 aliphatic heterocycles. The Kier molecular flexibility index (Phi) is 12.1. The number of hydrogen-bond donors (Lipinski definition) is 0. The van der Waals surface area contributed by atoms with E-state index in [0.717, 1.165) is 42.9 Å². The van der Waals surface area contributed by atoms with E-state index in [9.17, 15) is 0 Å². The number of unbranched alkanes of at least 4 members (excludes halogenated alkanes) is 1. The molecule has 0 spiro atoms. The summed E-state index contributed by atoms with van der Waals surface area (Å²) in [7, 11) is -0.446. The Balaban J connectivity index is 0.000000181. The average molecular weight is 598 g/mol. The van der Waals surface area contributed by atoms with Crippen molar-refractivity contribution in [2.45, 2.75) is 18.2 Å². The summed E-state index contributed by atoms with van der Waals surface area (Å²) in [6.45, 7) is 1.46. The van der Waals surface area contributed by atoms with Crippen LogP contribution in [0.15, 0.2) is 146 Å². The van der Waals surface area contributed by atoms with Crippen LogP contribution in [0.1, 0.15) is 18.4 Å². The summed E-state index contributed by atoms with van der Waals surface area (Å²) < 4.78 is 11.3. The number of rotatable bonds is 11. The molecule has 198 valence electrons. The molecular formula is C35H34BrO2P. The van der Waals surface area contributed by atoms with Crippen LogP contribution in [-0.2, 0) is 5.33 Å². The zero-order valence-electron chi connectivity index (χ0n) is 22.0. The third-order valence-electron chi connectivity index (χ3n) is 5.94. The number of ether oxygens (including phenoxy) is 2. The molecular weight excluding hydrogens is 563 g/mol. The normalized spacial score (nSPS) is 10.4. The van der Waals surface area contributed by atoms with Gasteiger partial charge in [0.15, 0.2) is 0 Å². The first-order valence-electron chi connectivity index (χ1n) is 13.2. The van der Waals surface area contributed by atoms with Gasteiger partial charge in [0, 0.05) is 5.33 Å². The van der Waals surface area contributed by atoms with Gasteiger partial charge in [-0.15, -0.1) is 0 Å². The van der Waals surface area contributed by atoms with Gasteiger partial charge >= 0.3 is 0 Å². The molecule has 0 atom stereocenters. The Labute approximate surface area is 242 Å². The van der Waals surface area contributed by atoms with E-state index >= 15 is 0 Å². The van der Waals surface area contributed by atoms with Gasteiger partial charge in [-0.05, 0) is 66.5 Å². The first-order chi connectivity index (χ1) is 19.3. The van der Waals surface area contributed by atoms with Gasteiger partial charge in [-0.1, -0.05) is 137 Å². The van der Waals surface area contributed by atoms with Crippen molar-refractivity contribution in [2.75, 3.05) is 13.2 Å². The average Bonchev–Trinajstić information content (AvgIpc) is 3.02. The molecule has 5 aromatic carbocycles. The summed E-state index contributed by atoms with van der Waals surface area (Å²) in [5, 5.41) is 5.07. The van der Waals surface area contributed by atoms with Crippen molar-refractivity contribution in [3.63, 3.8) is 0 Å². The molecule has 5 rings (SSSR count). The Morgan fingerprint density at radius 2 is 0.795 bits per heavy atom. The summed E-state index contributed by atoms with van der Waals surface area (Å²) in [5.74, 6) is 1.86. The maximum atomic E-state index is 5.69. The first kappa shape index (κ1) is 28.6. The lowest BCUT2D eigenvalue weighted by Gasteiger charge is -2.18. The van der Waals surface area contributed by atoms with E-state index in [0.29, 0.717) is 0 Å². The summed E-state index contributed by atoms with van der Waals surface area (Å²) in [5.41, 5.74) is 1.26. The standard InChI is InChI=1S/C18H15P.C17H19BrO2/c1-4-10-16(11-5-1)19(17-12-6-2-7-13-17)18-14-8-3-9-15-18;18-14-15-8-10-17(11-9-15)20-13-5-4-12-19-16-6-2-1-3-7-16/h1-15H;1-3,6-11H,4-5,12-14H2. The van der Waals surface area contributed by atoms with Crippen molar-refractivity contribution in [3.05, 3.63) is 151 Å². The fourth-order valence-corrected chi connectivity index (χ4v) is 6.63. The zero-order valence-corrected chi connectivity index (χ0v) is 24.5. The highest BCUT2D eigenvalue weighted by Gasteiger charge is 2.15. The lowest BCUT2D eigenvalue weighted by Crippen LogP contribution is -2.20. The molecule has 0 aromatic heterocycles. The van der Waals surface area contributed by atoms with Gasteiger partial charge in [0.25, 0.3) is 0 Å². The van der Waals surface area contributed by atoms with Gasteiger partial charge in [0.2, 0.25) is 0 Å². The lowest BCUT2D eigenvalue weighted by molar-refractivity contribution is 0.266. The Hall–Kier alpha value is -3.39. The maximum Gasteiger partial charge on any atom is 0.119 e. The minimum absolute atomic E-state index is 0.446. The SMILES string of the molecule is BrCc1ccc(OCCCCOc2ccccc2)cc1.c1ccc(P(c2ccccc2)c2ccccc2)cc1. The molecule has 0 aliphatic carbocycles. The third-order valence-corrected chi connectivity index (χ3v) is 9.03. The molecule has 0 radical (unpaired) electrons. The minimum Gasteiger partial charge on any atom is -0.494 e. The molecule has 4 heteroatoms. The summed E-state index contributed by atoms with van der Waals surface area (Å²) in [4.78, 5) is 0. The van der Waals surface area contributed by atoms with Crippen molar-refractivity contribution >= 4 is 39.8 Å². The second-order valence-electron chi connectivity index (χ2n) is 8.84. The van der Waals surface area contributed by atoms with Crippen molar-refractivity contribution < 1.29 is 9.47 Å². The van der Waals surface area contributed by atoms with Gasteiger partial charge in [-0.2, -0.15) is 0 Å². The molecule has 0 amide bonds. The lowest BCUT2D eigenvalue weighted by atomic mass is 10.2. The molecule has 0 saturated carbocycles. The van der Waals surface area contributed by atoms with Gasteiger partial charge in [0.05, 0.1) is 13.2 Å². The van der Waals surface area contributed by atoms with E-state index in [1.54, 1.807) is 0 Å². The summed E-state index contributed by atoms with van der Waals surface area (Å²) >= 11 is 3.43. The van der Waals surface area contributed by atoms with Crippen molar-refractivity contribution in [2.24, 2.45) is 0 Å². The maximum absolute atomic E-state index is 5.69. The van der Waals surface area contributed by atoms with Gasteiger partial charge in [-0.25, -0.2) is 0 Å². The summed E-state index contributed by atoms with van der Waals surface area (Å²) in [6, 6.07) is 50.4. The Morgan fingerprint density at radius 1 is 0.436 bits per heavy atom. The molecule has 0 saturated heterocycles. The van der Waals surface area contributed by atoms with E-state index < -0.39 is 7.92 Å². The topological polar surface area (TPSA) is 18.5 Å². The molecule has 0 heterocycles. The van der Waals surface area contributed by atoms with Crippen molar-refractivity contribution in [1.82, 2.24) is 0 Å². The number of para-hydroxylation sites is 1. The number of halogens is 1. The van der Waals surface area contributed by atoms with Crippen molar-refractivity contribution in [1.29, 1.82) is 0 Å². The van der Waals surface area contributed by atoms with E-state index in [2.05, 4.69) is 119 Å². The molecule has 0 unspecified atom stereocenters. The highest BCUT2D eigenvalue weighted by molar-refractivity contribution is 9.08. The Morgan fingerprint density at radius 3 is 1.18 bits per heavy atom. The molecule has 0 bridgehead atoms.